The summed E-state index contributed by atoms with van der Waals surface area (Å²) in [7, 11) is 0. The van der Waals surface area contributed by atoms with E-state index >= 15 is 0 Å². The van der Waals surface area contributed by atoms with Crippen LogP contribution in [0.2, 0.25) is 10.2 Å². The van der Waals surface area contributed by atoms with Gasteiger partial charge in [-0.3, -0.25) is 0 Å². The molecule has 2 aromatic rings. The summed E-state index contributed by atoms with van der Waals surface area (Å²) in [5.74, 6) is -0.00674. The molecular weight excluding hydrogens is 342 g/mol. The van der Waals surface area contributed by atoms with Gasteiger partial charge in [-0.15, -0.1) is 0 Å². The Morgan fingerprint density at radius 2 is 2.00 bits per heavy atom. The molecule has 0 spiro atoms. The standard InChI is InChI=1S/C12H8BrCl2FN2/c1-2-9-10(13)11(15)18-12(17-9)7-4-3-6(16)5-8(7)14/h3-5H,2H2,1H3. The molecule has 0 saturated carbocycles. The molecule has 0 saturated heterocycles. The van der Waals surface area contributed by atoms with Gasteiger partial charge < -0.3 is 0 Å². The lowest BCUT2D eigenvalue weighted by Crippen LogP contribution is -1.98. The highest BCUT2D eigenvalue weighted by Crippen LogP contribution is 2.30. The van der Waals surface area contributed by atoms with Crippen LogP contribution in [-0.4, -0.2) is 9.97 Å². The summed E-state index contributed by atoms with van der Waals surface area (Å²) < 4.78 is 13.7. The second kappa shape index (κ2) is 5.51. The molecule has 0 aliphatic heterocycles. The zero-order chi connectivity index (χ0) is 13.3. The van der Waals surface area contributed by atoms with Crippen molar-refractivity contribution in [3.63, 3.8) is 0 Å². The van der Waals surface area contributed by atoms with Crippen molar-refractivity contribution >= 4 is 39.1 Å². The van der Waals surface area contributed by atoms with E-state index in [4.69, 9.17) is 23.2 Å². The highest BCUT2D eigenvalue weighted by molar-refractivity contribution is 9.10. The van der Waals surface area contributed by atoms with E-state index in [0.717, 1.165) is 5.69 Å². The molecule has 18 heavy (non-hydrogen) atoms. The van der Waals surface area contributed by atoms with Crippen molar-refractivity contribution in [1.82, 2.24) is 9.97 Å². The first-order chi connectivity index (χ1) is 8.52. The van der Waals surface area contributed by atoms with E-state index in [-0.39, 0.29) is 5.02 Å². The number of hydrogen-bond acceptors (Lipinski definition) is 2. The molecule has 0 unspecified atom stereocenters. The van der Waals surface area contributed by atoms with Crippen molar-refractivity contribution in [3.05, 3.63) is 44.4 Å². The highest BCUT2D eigenvalue weighted by atomic mass is 79.9. The van der Waals surface area contributed by atoms with Crippen LogP contribution in [0.3, 0.4) is 0 Å². The van der Waals surface area contributed by atoms with Crippen LogP contribution < -0.4 is 0 Å². The van der Waals surface area contributed by atoms with Crippen LogP contribution >= 0.6 is 39.1 Å². The SMILES string of the molecule is CCc1nc(-c2ccc(F)cc2Cl)nc(Cl)c1Br. The molecule has 0 bridgehead atoms. The summed E-state index contributed by atoms with van der Waals surface area (Å²) in [5.41, 5.74) is 1.34. The van der Waals surface area contributed by atoms with Gasteiger partial charge in [0.1, 0.15) is 11.0 Å². The minimum Gasteiger partial charge on any atom is -0.232 e. The number of hydrogen-bond donors (Lipinski definition) is 0. The summed E-state index contributed by atoms with van der Waals surface area (Å²) in [6, 6.07) is 4.07. The average Bonchev–Trinajstić information content (AvgIpc) is 2.32. The lowest BCUT2D eigenvalue weighted by atomic mass is 10.2. The van der Waals surface area contributed by atoms with Crippen molar-refractivity contribution in [2.75, 3.05) is 0 Å². The summed E-state index contributed by atoms with van der Waals surface area (Å²) in [5, 5.41) is 0.577. The summed E-state index contributed by atoms with van der Waals surface area (Å²) in [4.78, 5) is 8.51. The van der Waals surface area contributed by atoms with Gasteiger partial charge in [-0.05, 0) is 40.5 Å². The van der Waals surface area contributed by atoms with E-state index in [9.17, 15) is 4.39 Å². The first-order valence-corrected chi connectivity index (χ1v) is 6.75. The molecule has 1 aromatic heterocycles. The van der Waals surface area contributed by atoms with Gasteiger partial charge in [0, 0.05) is 5.56 Å². The molecule has 0 atom stereocenters. The van der Waals surface area contributed by atoms with E-state index in [2.05, 4.69) is 25.9 Å². The number of aryl methyl sites for hydroxylation is 1. The Hall–Kier alpha value is -0.710. The normalized spacial score (nSPS) is 10.7. The number of halogens is 4. The van der Waals surface area contributed by atoms with E-state index in [1.165, 1.54) is 18.2 Å². The monoisotopic (exact) mass is 348 g/mol. The molecule has 0 aliphatic rings. The van der Waals surface area contributed by atoms with E-state index in [0.29, 0.717) is 27.4 Å². The number of aromatic nitrogens is 2. The summed E-state index contributed by atoms with van der Waals surface area (Å²) >= 11 is 15.3. The fourth-order valence-electron chi connectivity index (χ4n) is 1.49. The molecule has 1 heterocycles. The van der Waals surface area contributed by atoms with Crippen LogP contribution in [0.25, 0.3) is 11.4 Å². The summed E-state index contributed by atoms with van der Waals surface area (Å²) in [6.45, 7) is 1.96. The molecule has 0 fully saturated rings. The van der Waals surface area contributed by atoms with E-state index < -0.39 is 5.82 Å². The maximum atomic E-state index is 13.0. The van der Waals surface area contributed by atoms with Crippen LogP contribution in [0.5, 0.6) is 0 Å². The molecule has 2 rings (SSSR count). The largest absolute Gasteiger partial charge is 0.232 e. The first kappa shape index (κ1) is 13.7. The van der Waals surface area contributed by atoms with Crippen LogP contribution in [-0.2, 0) is 6.42 Å². The molecule has 0 amide bonds. The smallest absolute Gasteiger partial charge is 0.162 e. The number of benzene rings is 1. The molecule has 6 heteroatoms. The Morgan fingerprint density at radius 1 is 1.28 bits per heavy atom. The average molecular weight is 350 g/mol. The van der Waals surface area contributed by atoms with Gasteiger partial charge in [-0.1, -0.05) is 30.1 Å². The van der Waals surface area contributed by atoms with Gasteiger partial charge in [-0.25, -0.2) is 14.4 Å². The Labute approximate surface area is 122 Å². The topological polar surface area (TPSA) is 25.8 Å². The first-order valence-electron chi connectivity index (χ1n) is 5.20. The fraction of sp³-hybridized carbons (Fsp3) is 0.167. The van der Waals surface area contributed by atoms with Gasteiger partial charge in [0.25, 0.3) is 0 Å². The zero-order valence-corrected chi connectivity index (χ0v) is 12.4. The Morgan fingerprint density at radius 3 is 2.61 bits per heavy atom. The van der Waals surface area contributed by atoms with Gasteiger partial charge in [-0.2, -0.15) is 0 Å². The second-order valence-electron chi connectivity index (χ2n) is 3.58. The third-order valence-electron chi connectivity index (χ3n) is 2.39. The quantitative estimate of drug-likeness (QED) is 0.719. The summed E-state index contributed by atoms with van der Waals surface area (Å²) in [6.07, 6.45) is 0.703. The second-order valence-corrected chi connectivity index (χ2v) is 5.13. The Kier molecular flexibility index (Phi) is 4.20. The third kappa shape index (κ3) is 2.66. The molecule has 1 aromatic carbocycles. The van der Waals surface area contributed by atoms with E-state index in [1.54, 1.807) is 0 Å². The van der Waals surface area contributed by atoms with Crippen molar-refractivity contribution in [1.29, 1.82) is 0 Å². The Balaban J connectivity index is 2.60. The van der Waals surface area contributed by atoms with Crippen LogP contribution in [0.4, 0.5) is 4.39 Å². The molecule has 0 radical (unpaired) electrons. The van der Waals surface area contributed by atoms with E-state index in [1.807, 2.05) is 6.92 Å². The van der Waals surface area contributed by atoms with Gasteiger partial charge >= 0.3 is 0 Å². The van der Waals surface area contributed by atoms with Crippen molar-refractivity contribution in [3.8, 4) is 11.4 Å². The third-order valence-corrected chi connectivity index (χ3v) is 4.03. The highest BCUT2D eigenvalue weighted by Gasteiger charge is 2.13. The maximum absolute atomic E-state index is 13.0. The predicted molar refractivity (Wildman–Crippen MR) is 74.5 cm³/mol. The van der Waals surface area contributed by atoms with Crippen LogP contribution in [0, 0.1) is 5.82 Å². The van der Waals surface area contributed by atoms with Gasteiger partial charge in [0.05, 0.1) is 15.2 Å². The zero-order valence-electron chi connectivity index (χ0n) is 9.35. The lowest BCUT2D eigenvalue weighted by Gasteiger charge is -2.08. The molecule has 0 N–H and O–H groups in total. The van der Waals surface area contributed by atoms with Crippen LogP contribution in [0.15, 0.2) is 22.7 Å². The van der Waals surface area contributed by atoms with Crippen molar-refractivity contribution < 1.29 is 4.39 Å². The number of nitrogens with zero attached hydrogens (tertiary/aromatic N) is 2. The molecule has 2 nitrogen and oxygen atoms in total. The maximum Gasteiger partial charge on any atom is 0.162 e. The van der Waals surface area contributed by atoms with Crippen LogP contribution in [0.1, 0.15) is 12.6 Å². The van der Waals surface area contributed by atoms with Crippen molar-refractivity contribution in [2.45, 2.75) is 13.3 Å². The minimum absolute atomic E-state index is 0.260. The Bertz CT molecular complexity index is 605. The van der Waals surface area contributed by atoms with Gasteiger partial charge in [0.2, 0.25) is 0 Å². The van der Waals surface area contributed by atoms with Crippen molar-refractivity contribution in [2.24, 2.45) is 0 Å². The number of rotatable bonds is 2. The molecule has 94 valence electrons. The predicted octanol–water partition coefficient (Wildman–Crippen LogP) is 4.91. The minimum atomic E-state index is -0.400. The lowest BCUT2D eigenvalue weighted by molar-refractivity contribution is 0.628. The molecular formula is C12H8BrCl2FN2. The molecule has 0 aliphatic carbocycles. The van der Waals surface area contributed by atoms with Gasteiger partial charge in [0.15, 0.2) is 5.82 Å². The fourth-order valence-corrected chi connectivity index (χ4v) is 2.39.